The minimum atomic E-state index is -0.592. The number of carbonyl (C=O) groups excluding carboxylic acids is 1. The van der Waals surface area contributed by atoms with Gasteiger partial charge in [0.2, 0.25) is 5.95 Å². The number of aromatic nitrogens is 3. The molecule has 4 aromatic rings. The van der Waals surface area contributed by atoms with Gasteiger partial charge in [0.1, 0.15) is 11.4 Å². The van der Waals surface area contributed by atoms with E-state index in [0.29, 0.717) is 11.8 Å². The highest BCUT2D eigenvalue weighted by atomic mass is 16.1. The highest BCUT2D eigenvalue weighted by Crippen LogP contribution is 2.24. The summed E-state index contributed by atoms with van der Waals surface area (Å²) in [5, 5.41) is 7.43. The van der Waals surface area contributed by atoms with Crippen LogP contribution in [0.25, 0.3) is 10.9 Å². The molecule has 7 nitrogen and oxygen atoms in total. The summed E-state index contributed by atoms with van der Waals surface area (Å²) >= 11 is 0. The zero-order valence-electron chi connectivity index (χ0n) is 15.6. The van der Waals surface area contributed by atoms with Crippen molar-refractivity contribution in [2.45, 2.75) is 13.8 Å². The Morgan fingerprint density at radius 2 is 1.86 bits per heavy atom. The van der Waals surface area contributed by atoms with Crippen LogP contribution in [0.5, 0.6) is 0 Å². The summed E-state index contributed by atoms with van der Waals surface area (Å²) in [4.78, 5) is 23.8. The second kappa shape index (κ2) is 7.03. The van der Waals surface area contributed by atoms with Crippen molar-refractivity contribution in [3.05, 3.63) is 71.5 Å². The van der Waals surface area contributed by atoms with Gasteiger partial charge in [-0.1, -0.05) is 12.1 Å². The van der Waals surface area contributed by atoms with Crippen LogP contribution in [0.1, 0.15) is 21.6 Å². The van der Waals surface area contributed by atoms with Crippen molar-refractivity contribution in [3.8, 4) is 0 Å². The number of aromatic amines is 1. The molecule has 0 unspecified atom stereocenters. The Kier molecular flexibility index (Phi) is 4.41. The van der Waals surface area contributed by atoms with Crippen LogP contribution in [-0.4, -0.2) is 20.9 Å². The van der Waals surface area contributed by atoms with Crippen molar-refractivity contribution < 1.29 is 4.79 Å². The summed E-state index contributed by atoms with van der Waals surface area (Å²) in [5.41, 5.74) is 10.6. The van der Waals surface area contributed by atoms with Crippen LogP contribution in [0.4, 0.5) is 23.1 Å². The molecular weight excluding hydrogens is 352 g/mol. The maximum atomic E-state index is 11.8. The molecular formula is C21H20N6O. The van der Waals surface area contributed by atoms with Gasteiger partial charge in [-0.2, -0.15) is 4.98 Å². The average Bonchev–Trinajstić information content (AvgIpc) is 3.01. The molecule has 0 fully saturated rings. The molecule has 0 radical (unpaired) electrons. The van der Waals surface area contributed by atoms with E-state index in [1.54, 1.807) is 0 Å². The number of fused-ring (bicyclic) bond motifs is 1. The van der Waals surface area contributed by atoms with Gasteiger partial charge in [0, 0.05) is 34.2 Å². The Balaban J connectivity index is 1.66. The molecule has 0 atom stereocenters. The predicted molar refractivity (Wildman–Crippen MR) is 111 cm³/mol. The lowest BCUT2D eigenvalue weighted by Gasteiger charge is -2.12. The number of hydrogen-bond acceptors (Lipinski definition) is 5. The van der Waals surface area contributed by atoms with Gasteiger partial charge in [0.25, 0.3) is 5.91 Å². The van der Waals surface area contributed by atoms with Gasteiger partial charge in [0.05, 0.1) is 0 Å². The molecule has 0 saturated heterocycles. The maximum Gasteiger partial charge on any atom is 0.254 e. The van der Waals surface area contributed by atoms with E-state index in [1.807, 2.05) is 56.3 Å². The van der Waals surface area contributed by atoms with Crippen molar-refractivity contribution >= 4 is 40.0 Å². The number of primary amides is 1. The first-order valence-electron chi connectivity index (χ1n) is 8.85. The van der Waals surface area contributed by atoms with E-state index < -0.39 is 5.91 Å². The number of H-pyrrole nitrogens is 1. The van der Waals surface area contributed by atoms with Crippen LogP contribution >= 0.6 is 0 Å². The van der Waals surface area contributed by atoms with E-state index >= 15 is 0 Å². The second-order valence-corrected chi connectivity index (χ2v) is 6.69. The van der Waals surface area contributed by atoms with E-state index in [9.17, 15) is 4.79 Å². The van der Waals surface area contributed by atoms with E-state index in [0.717, 1.165) is 33.5 Å². The third-order valence-corrected chi connectivity index (χ3v) is 4.35. The number of nitrogens with one attached hydrogen (secondary N) is 3. The fourth-order valence-corrected chi connectivity index (χ4v) is 3.06. The number of amides is 1. The molecule has 2 aromatic heterocycles. The average molecular weight is 372 g/mol. The van der Waals surface area contributed by atoms with Crippen LogP contribution in [0, 0.1) is 13.8 Å². The Morgan fingerprint density at radius 3 is 2.64 bits per heavy atom. The number of hydrogen-bond donors (Lipinski definition) is 4. The van der Waals surface area contributed by atoms with Crippen LogP contribution in [0.15, 0.2) is 54.7 Å². The smallest absolute Gasteiger partial charge is 0.254 e. The minimum absolute atomic E-state index is 0.226. The Morgan fingerprint density at radius 1 is 1.04 bits per heavy atom. The first-order valence-corrected chi connectivity index (χ1v) is 8.85. The van der Waals surface area contributed by atoms with Gasteiger partial charge in [-0.25, -0.2) is 4.98 Å². The number of nitrogens with two attached hydrogens (primary N) is 1. The third kappa shape index (κ3) is 3.64. The summed E-state index contributed by atoms with van der Waals surface area (Å²) in [6, 6.07) is 15.8. The summed E-state index contributed by atoms with van der Waals surface area (Å²) in [6.45, 7) is 4.01. The summed E-state index contributed by atoms with van der Waals surface area (Å²) in [7, 11) is 0. The van der Waals surface area contributed by atoms with Gasteiger partial charge in [-0.15, -0.1) is 0 Å². The fraction of sp³-hybridized carbons (Fsp3) is 0.0952. The quantitative estimate of drug-likeness (QED) is 0.421. The van der Waals surface area contributed by atoms with E-state index in [1.165, 1.54) is 6.20 Å². The normalized spacial score (nSPS) is 10.8. The van der Waals surface area contributed by atoms with Crippen molar-refractivity contribution in [2.75, 3.05) is 10.6 Å². The minimum Gasteiger partial charge on any atom is -0.365 e. The topological polar surface area (TPSA) is 109 Å². The first kappa shape index (κ1) is 17.5. The van der Waals surface area contributed by atoms with Crippen LogP contribution < -0.4 is 16.4 Å². The van der Waals surface area contributed by atoms with Gasteiger partial charge >= 0.3 is 0 Å². The Bertz CT molecular complexity index is 1180. The number of rotatable bonds is 5. The van der Waals surface area contributed by atoms with Gasteiger partial charge < -0.3 is 21.4 Å². The number of aryl methyl sites for hydroxylation is 2. The maximum absolute atomic E-state index is 11.8. The van der Waals surface area contributed by atoms with Crippen LogP contribution in [0.3, 0.4) is 0 Å². The summed E-state index contributed by atoms with van der Waals surface area (Å²) in [5.74, 6) is 0.131. The molecule has 140 valence electrons. The highest BCUT2D eigenvalue weighted by molar-refractivity contribution is 5.98. The number of carbonyl (C=O) groups is 1. The van der Waals surface area contributed by atoms with E-state index in [2.05, 4.69) is 31.7 Å². The van der Waals surface area contributed by atoms with E-state index in [-0.39, 0.29) is 5.56 Å². The number of nitrogens with zero attached hydrogens (tertiary/aromatic N) is 2. The lowest BCUT2D eigenvalue weighted by atomic mass is 10.2. The summed E-state index contributed by atoms with van der Waals surface area (Å²) < 4.78 is 0. The van der Waals surface area contributed by atoms with Crippen molar-refractivity contribution in [1.29, 1.82) is 0 Å². The SMILES string of the molecule is Cc1cccc(Nc2nc(Nc3ccc4[nH]c(C)cc4c3)ncc2C(N)=O)c1. The lowest BCUT2D eigenvalue weighted by molar-refractivity contribution is 0.100. The van der Waals surface area contributed by atoms with Crippen molar-refractivity contribution in [2.24, 2.45) is 5.73 Å². The molecule has 0 saturated carbocycles. The third-order valence-electron chi connectivity index (χ3n) is 4.35. The standard InChI is InChI=1S/C21H20N6O/c1-12-4-3-5-15(8-12)25-20-17(19(22)28)11-23-21(27-20)26-16-6-7-18-14(10-16)9-13(2)24-18/h3-11,24H,1-2H3,(H2,22,28)(H2,23,25,26,27). The molecule has 4 rings (SSSR count). The van der Waals surface area contributed by atoms with Crippen molar-refractivity contribution in [1.82, 2.24) is 15.0 Å². The highest BCUT2D eigenvalue weighted by Gasteiger charge is 2.13. The Hall–Kier alpha value is -3.87. The van der Waals surface area contributed by atoms with Gasteiger partial charge in [-0.3, -0.25) is 4.79 Å². The molecule has 0 spiro atoms. The number of anilines is 4. The van der Waals surface area contributed by atoms with Crippen LogP contribution in [0.2, 0.25) is 0 Å². The molecule has 0 aliphatic rings. The molecule has 2 heterocycles. The van der Waals surface area contributed by atoms with Gasteiger partial charge in [-0.05, 0) is 55.8 Å². The van der Waals surface area contributed by atoms with Crippen molar-refractivity contribution in [3.63, 3.8) is 0 Å². The molecule has 1 amide bonds. The molecule has 0 aliphatic carbocycles. The van der Waals surface area contributed by atoms with E-state index in [4.69, 9.17) is 5.73 Å². The molecule has 2 aromatic carbocycles. The fourth-order valence-electron chi connectivity index (χ4n) is 3.06. The number of benzene rings is 2. The molecule has 0 bridgehead atoms. The predicted octanol–water partition coefficient (Wildman–Crippen LogP) is 4.16. The molecule has 28 heavy (non-hydrogen) atoms. The second-order valence-electron chi connectivity index (χ2n) is 6.69. The monoisotopic (exact) mass is 372 g/mol. The summed E-state index contributed by atoms with van der Waals surface area (Å²) in [6.07, 6.45) is 1.43. The largest absolute Gasteiger partial charge is 0.365 e. The Labute approximate surface area is 162 Å². The molecule has 7 heteroatoms. The zero-order valence-corrected chi connectivity index (χ0v) is 15.6. The zero-order chi connectivity index (χ0) is 19.7. The first-order chi connectivity index (χ1) is 13.5. The van der Waals surface area contributed by atoms with Gasteiger partial charge in [0.15, 0.2) is 0 Å². The molecule has 0 aliphatic heterocycles. The molecule has 5 N–H and O–H groups in total. The lowest BCUT2D eigenvalue weighted by Crippen LogP contribution is -2.15. The van der Waals surface area contributed by atoms with Crippen LogP contribution in [-0.2, 0) is 0 Å².